The molecule has 0 amide bonds. The summed E-state index contributed by atoms with van der Waals surface area (Å²) >= 11 is 0. The van der Waals surface area contributed by atoms with Gasteiger partial charge >= 0.3 is 11.9 Å². The van der Waals surface area contributed by atoms with Gasteiger partial charge in [0.2, 0.25) is 0 Å². The van der Waals surface area contributed by atoms with Crippen molar-refractivity contribution >= 4 is 11.9 Å². The molecule has 1 spiro atoms. The lowest BCUT2D eigenvalue weighted by atomic mass is 9.56. The molecular formula is C18H26O4. The first-order chi connectivity index (χ1) is 10.5. The lowest BCUT2D eigenvalue weighted by Crippen LogP contribution is -2.50. The highest BCUT2D eigenvalue weighted by Crippen LogP contribution is 2.73. The minimum absolute atomic E-state index is 0.0765. The summed E-state index contributed by atoms with van der Waals surface area (Å²) in [5.41, 5.74) is -1.64. The van der Waals surface area contributed by atoms with Crippen molar-refractivity contribution in [2.24, 2.45) is 22.2 Å². The molecule has 3 fully saturated rings. The largest absolute Gasteiger partial charge is 0.468 e. The van der Waals surface area contributed by atoms with Crippen LogP contribution in [0.4, 0.5) is 0 Å². The second kappa shape index (κ2) is 5.10. The van der Waals surface area contributed by atoms with E-state index >= 15 is 0 Å². The molecule has 0 aromatic heterocycles. The normalized spacial score (nSPS) is 38.7. The number of methoxy groups -OCH3 is 2. The Morgan fingerprint density at radius 2 is 1.73 bits per heavy atom. The number of esters is 2. The van der Waals surface area contributed by atoms with Crippen LogP contribution in [0.3, 0.4) is 0 Å². The van der Waals surface area contributed by atoms with Crippen molar-refractivity contribution < 1.29 is 19.1 Å². The van der Waals surface area contributed by atoms with E-state index in [9.17, 15) is 9.59 Å². The van der Waals surface area contributed by atoms with Crippen molar-refractivity contribution in [2.75, 3.05) is 14.2 Å². The SMILES string of the molecule is C=C[C@@]12CC[C@H]3CCCC[C@]3(CC1(C(=O)OC)C(=O)OC)C2. The van der Waals surface area contributed by atoms with Crippen LogP contribution in [0.15, 0.2) is 12.7 Å². The molecule has 4 nitrogen and oxygen atoms in total. The number of ether oxygens (including phenoxy) is 2. The zero-order valence-corrected chi connectivity index (χ0v) is 13.7. The molecular weight excluding hydrogens is 280 g/mol. The van der Waals surface area contributed by atoms with Gasteiger partial charge in [-0.15, -0.1) is 6.58 Å². The molecule has 0 aromatic carbocycles. The van der Waals surface area contributed by atoms with Crippen molar-refractivity contribution in [3.63, 3.8) is 0 Å². The fourth-order valence-electron chi connectivity index (χ4n) is 5.90. The van der Waals surface area contributed by atoms with Gasteiger partial charge in [-0.1, -0.05) is 18.9 Å². The van der Waals surface area contributed by atoms with Crippen molar-refractivity contribution in [3.8, 4) is 0 Å². The predicted octanol–water partition coefficient (Wildman–Crippen LogP) is 3.26. The van der Waals surface area contributed by atoms with Gasteiger partial charge in [0.15, 0.2) is 5.41 Å². The highest BCUT2D eigenvalue weighted by molar-refractivity contribution is 6.02. The Morgan fingerprint density at radius 1 is 1.05 bits per heavy atom. The predicted molar refractivity (Wildman–Crippen MR) is 82.0 cm³/mol. The molecule has 122 valence electrons. The summed E-state index contributed by atoms with van der Waals surface area (Å²) in [5.74, 6) is -0.268. The Morgan fingerprint density at radius 3 is 2.32 bits per heavy atom. The maximum Gasteiger partial charge on any atom is 0.324 e. The van der Waals surface area contributed by atoms with E-state index in [1.165, 1.54) is 33.5 Å². The fraction of sp³-hybridized carbons (Fsp3) is 0.778. The molecule has 3 aliphatic rings. The fourth-order valence-corrected chi connectivity index (χ4v) is 5.90. The van der Waals surface area contributed by atoms with Gasteiger partial charge in [-0.25, -0.2) is 0 Å². The van der Waals surface area contributed by atoms with Gasteiger partial charge in [-0.05, 0) is 49.9 Å². The second-order valence-corrected chi connectivity index (χ2v) is 7.45. The van der Waals surface area contributed by atoms with Gasteiger partial charge in [0.1, 0.15) is 0 Å². The van der Waals surface area contributed by atoms with Crippen LogP contribution in [0.5, 0.6) is 0 Å². The summed E-state index contributed by atoms with van der Waals surface area (Å²) in [4.78, 5) is 25.5. The van der Waals surface area contributed by atoms with Crippen LogP contribution in [0, 0.1) is 22.2 Å². The van der Waals surface area contributed by atoms with Crippen LogP contribution in [-0.2, 0) is 19.1 Å². The Bertz CT molecular complexity index is 495. The first-order valence-corrected chi connectivity index (χ1v) is 8.31. The molecule has 22 heavy (non-hydrogen) atoms. The molecule has 0 heterocycles. The molecule has 0 unspecified atom stereocenters. The lowest BCUT2D eigenvalue weighted by molar-refractivity contribution is -0.176. The van der Waals surface area contributed by atoms with Gasteiger partial charge in [0, 0.05) is 5.41 Å². The molecule has 0 saturated heterocycles. The maximum absolute atomic E-state index is 12.7. The van der Waals surface area contributed by atoms with Gasteiger partial charge in [-0.3, -0.25) is 9.59 Å². The highest BCUT2D eigenvalue weighted by atomic mass is 16.5. The van der Waals surface area contributed by atoms with Gasteiger partial charge in [-0.2, -0.15) is 0 Å². The highest BCUT2D eigenvalue weighted by Gasteiger charge is 2.73. The molecule has 0 aliphatic heterocycles. The van der Waals surface area contributed by atoms with E-state index < -0.39 is 22.8 Å². The van der Waals surface area contributed by atoms with Gasteiger partial charge in [0.25, 0.3) is 0 Å². The number of carbonyl (C=O) groups is 2. The third-order valence-electron chi connectivity index (χ3n) is 6.88. The minimum atomic E-state index is -1.20. The van der Waals surface area contributed by atoms with Crippen LogP contribution in [0.2, 0.25) is 0 Å². The molecule has 3 aliphatic carbocycles. The first kappa shape index (κ1) is 15.6. The number of hydrogen-bond acceptors (Lipinski definition) is 4. The van der Waals surface area contributed by atoms with Gasteiger partial charge < -0.3 is 9.47 Å². The zero-order valence-electron chi connectivity index (χ0n) is 13.7. The molecule has 2 bridgehead atoms. The number of carbonyl (C=O) groups excluding carboxylic acids is 2. The average Bonchev–Trinajstić information content (AvgIpc) is 2.79. The number of rotatable bonds is 3. The Balaban J connectivity index is 2.15. The van der Waals surface area contributed by atoms with Crippen LogP contribution in [0.1, 0.15) is 51.4 Å². The number of hydrogen-bond donors (Lipinski definition) is 0. The molecule has 0 N–H and O–H groups in total. The number of allylic oxidation sites excluding steroid dienone is 1. The van der Waals surface area contributed by atoms with Crippen molar-refractivity contribution in [1.29, 1.82) is 0 Å². The van der Waals surface area contributed by atoms with Gasteiger partial charge in [0.05, 0.1) is 14.2 Å². The maximum atomic E-state index is 12.7. The summed E-state index contributed by atoms with van der Waals surface area (Å²) in [6.07, 6.45) is 9.94. The third kappa shape index (κ3) is 1.70. The summed E-state index contributed by atoms with van der Waals surface area (Å²) in [7, 11) is 2.73. The van der Waals surface area contributed by atoms with Crippen LogP contribution in [-0.4, -0.2) is 26.2 Å². The second-order valence-electron chi connectivity index (χ2n) is 7.45. The van der Waals surface area contributed by atoms with Crippen molar-refractivity contribution in [3.05, 3.63) is 12.7 Å². The minimum Gasteiger partial charge on any atom is -0.468 e. The smallest absolute Gasteiger partial charge is 0.324 e. The van der Waals surface area contributed by atoms with Crippen molar-refractivity contribution in [1.82, 2.24) is 0 Å². The Hall–Kier alpha value is -1.32. The molecule has 3 saturated carbocycles. The molecule has 3 atom stereocenters. The van der Waals surface area contributed by atoms with E-state index in [-0.39, 0.29) is 5.41 Å². The third-order valence-corrected chi connectivity index (χ3v) is 6.88. The van der Waals surface area contributed by atoms with E-state index in [2.05, 4.69) is 6.58 Å². The topological polar surface area (TPSA) is 52.6 Å². The monoisotopic (exact) mass is 306 g/mol. The lowest BCUT2D eigenvalue weighted by Gasteiger charge is -2.47. The van der Waals surface area contributed by atoms with E-state index in [1.807, 2.05) is 6.08 Å². The summed E-state index contributed by atoms with van der Waals surface area (Å²) in [5, 5.41) is 0. The first-order valence-electron chi connectivity index (χ1n) is 8.31. The van der Waals surface area contributed by atoms with Crippen LogP contribution in [0.25, 0.3) is 0 Å². The molecule has 4 heteroatoms. The van der Waals surface area contributed by atoms with E-state index in [0.29, 0.717) is 12.3 Å². The Kier molecular flexibility index (Phi) is 3.61. The summed E-state index contributed by atoms with van der Waals surface area (Å²) < 4.78 is 10.2. The van der Waals surface area contributed by atoms with E-state index in [4.69, 9.17) is 9.47 Å². The summed E-state index contributed by atoms with van der Waals surface area (Å²) in [6, 6.07) is 0. The standard InChI is InChI=1S/C18H26O4/c1-4-17-10-8-13-7-5-6-9-16(13,11-17)12-18(17,14(19)21-2)15(20)22-3/h4,13H,1,5-12H2,2-3H3/t13-,16-,17+/m1/s1. The quantitative estimate of drug-likeness (QED) is 0.456. The van der Waals surface area contributed by atoms with E-state index in [0.717, 1.165) is 25.7 Å². The van der Waals surface area contributed by atoms with Crippen LogP contribution >= 0.6 is 0 Å². The number of fused-ring (bicyclic) bond motifs is 1. The van der Waals surface area contributed by atoms with Crippen LogP contribution < -0.4 is 0 Å². The molecule has 0 radical (unpaired) electrons. The molecule has 3 rings (SSSR count). The van der Waals surface area contributed by atoms with Crippen molar-refractivity contribution in [2.45, 2.75) is 51.4 Å². The Labute approximate surface area is 132 Å². The summed E-state index contributed by atoms with van der Waals surface area (Å²) in [6.45, 7) is 4.00. The zero-order chi connectivity index (χ0) is 16.0. The molecule has 0 aromatic rings. The van der Waals surface area contributed by atoms with E-state index in [1.54, 1.807) is 0 Å². The average molecular weight is 306 g/mol.